The maximum Gasteiger partial charge on any atom is 0.303 e. The molecule has 0 heterocycles. The van der Waals surface area contributed by atoms with Crippen LogP contribution in [0.3, 0.4) is 0 Å². The fourth-order valence-electron chi connectivity index (χ4n) is 3.32. The molecule has 5 heteroatoms. The van der Waals surface area contributed by atoms with E-state index in [1.807, 2.05) is 0 Å². The first-order valence-corrected chi connectivity index (χ1v) is 8.24. The molecule has 122 valence electrons. The largest absolute Gasteiger partial charge is 0.481 e. The molecule has 1 saturated carbocycles. The van der Waals surface area contributed by atoms with Gasteiger partial charge in [-0.15, -0.1) is 0 Å². The van der Waals surface area contributed by atoms with Crippen molar-refractivity contribution < 1.29 is 14.7 Å². The summed E-state index contributed by atoms with van der Waals surface area (Å²) in [5.41, 5.74) is 5.46. The summed E-state index contributed by atoms with van der Waals surface area (Å²) in [6.07, 6.45) is 7.79. The lowest BCUT2D eigenvalue weighted by molar-refractivity contribution is -0.137. The van der Waals surface area contributed by atoms with E-state index in [0.29, 0.717) is 25.4 Å². The van der Waals surface area contributed by atoms with Crippen LogP contribution in [-0.4, -0.2) is 30.1 Å². The molecule has 1 aliphatic rings. The van der Waals surface area contributed by atoms with E-state index in [9.17, 15) is 9.59 Å². The molecule has 1 fully saturated rings. The second-order valence-corrected chi connectivity index (χ2v) is 6.32. The van der Waals surface area contributed by atoms with Crippen LogP contribution in [0.5, 0.6) is 0 Å². The van der Waals surface area contributed by atoms with Crippen molar-refractivity contribution in [1.29, 1.82) is 0 Å². The number of hydrogen-bond acceptors (Lipinski definition) is 3. The van der Waals surface area contributed by atoms with Gasteiger partial charge in [0.15, 0.2) is 0 Å². The maximum absolute atomic E-state index is 12.3. The minimum Gasteiger partial charge on any atom is -0.481 e. The summed E-state index contributed by atoms with van der Waals surface area (Å²) < 4.78 is 0. The molecule has 21 heavy (non-hydrogen) atoms. The molecule has 1 amide bonds. The van der Waals surface area contributed by atoms with Crippen LogP contribution in [0.25, 0.3) is 0 Å². The van der Waals surface area contributed by atoms with E-state index >= 15 is 0 Å². The Morgan fingerprint density at radius 1 is 1.24 bits per heavy atom. The van der Waals surface area contributed by atoms with Crippen molar-refractivity contribution in [3.8, 4) is 0 Å². The summed E-state index contributed by atoms with van der Waals surface area (Å²) >= 11 is 0. The van der Waals surface area contributed by atoms with Crippen LogP contribution in [0.2, 0.25) is 0 Å². The van der Waals surface area contributed by atoms with Crippen LogP contribution in [-0.2, 0) is 9.59 Å². The van der Waals surface area contributed by atoms with Crippen LogP contribution in [0.4, 0.5) is 0 Å². The number of nitrogens with one attached hydrogen (secondary N) is 1. The number of carboxylic acid groups (broad SMARTS) is 1. The van der Waals surface area contributed by atoms with Crippen molar-refractivity contribution in [3.05, 3.63) is 0 Å². The van der Waals surface area contributed by atoms with Gasteiger partial charge >= 0.3 is 5.97 Å². The van der Waals surface area contributed by atoms with Crippen LogP contribution >= 0.6 is 0 Å². The van der Waals surface area contributed by atoms with Crippen LogP contribution < -0.4 is 11.1 Å². The fraction of sp³-hybridized carbons (Fsp3) is 0.875. The molecule has 0 aromatic rings. The molecular weight excluding hydrogens is 268 g/mol. The summed E-state index contributed by atoms with van der Waals surface area (Å²) in [6, 6.07) is 0. The average Bonchev–Trinajstić information content (AvgIpc) is 2.94. The Labute approximate surface area is 127 Å². The topological polar surface area (TPSA) is 92.4 Å². The highest BCUT2D eigenvalue weighted by Crippen LogP contribution is 2.37. The molecule has 0 saturated heterocycles. The van der Waals surface area contributed by atoms with Gasteiger partial charge in [-0.1, -0.05) is 32.6 Å². The monoisotopic (exact) mass is 298 g/mol. The van der Waals surface area contributed by atoms with Gasteiger partial charge in [0.2, 0.25) is 5.91 Å². The molecule has 1 rings (SSSR count). The van der Waals surface area contributed by atoms with Gasteiger partial charge in [0, 0.05) is 19.5 Å². The Hall–Kier alpha value is -1.10. The second-order valence-electron chi connectivity index (χ2n) is 6.32. The lowest BCUT2D eigenvalue weighted by Gasteiger charge is -2.26. The number of carbonyl (C=O) groups excluding carboxylic acids is 1. The summed E-state index contributed by atoms with van der Waals surface area (Å²) in [4.78, 5) is 23.0. The van der Waals surface area contributed by atoms with Gasteiger partial charge in [0.05, 0.1) is 5.41 Å². The first kappa shape index (κ1) is 18.0. The molecule has 5 nitrogen and oxygen atoms in total. The predicted octanol–water partition coefficient (Wildman–Crippen LogP) is 2.29. The number of hydrogen-bond donors (Lipinski definition) is 3. The minimum atomic E-state index is -0.742. The Morgan fingerprint density at radius 2 is 1.90 bits per heavy atom. The highest BCUT2D eigenvalue weighted by molar-refractivity contribution is 5.83. The molecule has 0 aromatic carbocycles. The SMILES string of the molecule is CCCC(CCNC(=O)C1(CN)CCCC1)CCC(=O)O. The lowest BCUT2D eigenvalue weighted by atomic mass is 9.85. The zero-order valence-electron chi connectivity index (χ0n) is 13.2. The predicted molar refractivity (Wildman–Crippen MR) is 82.8 cm³/mol. The van der Waals surface area contributed by atoms with Gasteiger partial charge in [-0.25, -0.2) is 0 Å². The summed E-state index contributed by atoms with van der Waals surface area (Å²) in [5, 5.41) is 11.8. The number of nitrogens with two attached hydrogens (primary N) is 1. The lowest BCUT2D eigenvalue weighted by Crippen LogP contribution is -2.44. The molecular formula is C16H30N2O3. The van der Waals surface area contributed by atoms with Crippen molar-refractivity contribution in [2.24, 2.45) is 17.1 Å². The van der Waals surface area contributed by atoms with Crippen LogP contribution in [0.1, 0.15) is 64.7 Å². The molecule has 0 aliphatic heterocycles. The number of rotatable bonds is 10. The minimum absolute atomic E-state index is 0.0935. The third-order valence-corrected chi connectivity index (χ3v) is 4.73. The summed E-state index contributed by atoms with van der Waals surface area (Å²) in [6.45, 7) is 3.16. The van der Waals surface area contributed by atoms with E-state index < -0.39 is 5.97 Å². The Balaban J connectivity index is 2.35. The molecule has 0 bridgehead atoms. The third-order valence-electron chi connectivity index (χ3n) is 4.73. The van der Waals surface area contributed by atoms with E-state index in [-0.39, 0.29) is 17.7 Å². The van der Waals surface area contributed by atoms with Crippen molar-refractivity contribution in [1.82, 2.24) is 5.32 Å². The van der Waals surface area contributed by atoms with E-state index in [2.05, 4.69) is 12.2 Å². The Morgan fingerprint density at radius 3 is 2.43 bits per heavy atom. The third kappa shape index (κ3) is 5.65. The van der Waals surface area contributed by atoms with Gasteiger partial charge < -0.3 is 16.2 Å². The highest BCUT2D eigenvalue weighted by Gasteiger charge is 2.39. The zero-order valence-corrected chi connectivity index (χ0v) is 13.2. The first-order valence-electron chi connectivity index (χ1n) is 8.24. The number of carbonyl (C=O) groups is 2. The Kier molecular flexibility index (Phi) is 7.72. The summed E-state index contributed by atoms with van der Waals surface area (Å²) in [5.74, 6) is -0.270. The van der Waals surface area contributed by atoms with Crippen molar-refractivity contribution in [3.63, 3.8) is 0 Å². The smallest absolute Gasteiger partial charge is 0.303 e. The normalized spacial score (nSPS) is 18.4. The Bertz CT molecular complexity index is 338. The first-order chi connectivity index (χ1) is 10.0. The number of carboxylic acids is 1. The molecule has 1 aliphatic carbocycles. The molecule has 4 N–H and O–H groups in total. The van der Waals surface area contributed by atoms with E-state index in [4.69, 9.17) is 10.8 Å². The average molecular weight is 298 g/mol. The summed E-state index contributed by atoms with van der Waals surface area (Å²) in [7, 11) is 0. The molecule has 0 radical (unpaired) electrons. The van der Waals surface area contributed by atoms with Gasteiger partial charge in [-0.2, -0.15) is 0 Å². The molecule has 1 atom stereocenters. The highest BCUT2D eigenvalue weighted by atomic mass is 16.4. The van der Waals surface area contributed by atoms with E-state index in [1.54, 1.807) is 0 Å². The molecule has 1 unspecified atom stereocenters. The number of amides is 1. The van der Waals surface area contributed by atoms with Crippen LogP contribution in [0.15, 0.2) is 0 Å². The maximum atomic E-state index is 12.3. The van der Waals surface area contributed by atoms with Gasteiger partial charge in [0.1, 0.15) is 0 Å². The quantitative estimate of drug-likeness (QED) is 0.577. The van der Waals surface area contributed by atoms with Gasteiger partial charge in [0.25, 0.3) is 0 Å². The molecule has 0 aromatic heterocycles. The molecule has 0 spiro atoms. The van der Waals surface area contributed by atoms with Crippen molar-refractivity contribution in [2.45, 2.75) is 64.7 Å². The standard InChI is InChI=1S/C16H30N2O3/c1-2-5-13(6-7-14(19)20)8-11-18-15(21)16(12-17)9-3-4-10-16/h13H,2-12,17H2,1H3,(H,18,21)(H,19,20). The van der Waals surface area contributed by atoms with Crippen LogP contribution in [0, 0.1) is 11.3 Å². The number of aliphatic carboxylic acids is 1. The zero-order chi connectivity index (χ0) is 15.7. The van der Waals surface area contributed by atoms with Gasteiger partial charge in [-0.3, -0.25) is 9.59 Å². The van der Waals surface area contributed by atoms with E-state index in [0.717, 1.165) is 44.9 Å². The fourth-order valence-corrected chi connectivity index (χ4v) is 3.32. The van der Waals surface area contributed by atoms with Crippen molar-refractivity contribution >= 4 is 11.9 Å². The van der Waals surface area contributed by atoms with Crippen molar-refractivity contribution in [2.75, 3.05) is 13.1 Å². The van der Waals surface area contributed by atoms with E-state index in [1.165, 1.54) is 0 Å². The van der Waals surface area contributed by atoms with Gasteiger partial charge in [-0.05, 0) is 31.6 Å². The second kappa shape index (κ2) is 9.03.